The van der Waals surface area contributed by atoms with Crippen LogP contribution in [0.1, 0.15) is 40.4 Å². The Morgan fingerprint density at radius 2 is 1.06 bits per heavy atom. The van der Waals surface area contributed by atoms with Gasteiger partial charge in [-0.15, -0.1) is 0 Å². The van der Waals surface area contributed by atoms with Gasteiger partial charge in [-0.3, -0.25) is 0 Å². The highest BCUT2D eigenvalue weighted by molar-refractivity contribution is 5.38. The minimum atomic E-state index is 0.800. The van der Waals surface area contributed by atoms with Crippen molar-refractivity contribution in [1.29, 1.82) is 0 Å². The predicted octanol–water partition coefficient (Wildman–Crippen LogP) is 2.13. The molecule has 0 radical (unpaired) electrons. The van der Waals surface area contributed by atoms with E-state index in [2.05, 4.69) is 59.4 Å². The van der Waals surface area contributed by atoms with Crippen molar-refractivity contribution >= 4 is 11.9 Å². The van der Waals surface area contributed by atoms with Crippen molar-refractivity contribution in [2.75, 3.05) is 36.0 Å². The second-order valence-corrected chi connectivity index (χ2v) is 4.05. The SMILES string of the molecule is CCc1nc(N(CC)CC)nc(N(CC)CC)n1. The fourth-order valence-electron chi connectivity index (χ4n) is 1.85. The molecule has 18 heavy (non-hydrogen) atoms. The zero-order valence-corrected chi connectivity index (χ0v) is 12.3. The lowest BCUT2D eigenvalue weighted by Gasteiger charge is -2.23. The van der Waals surface area contributed by atoms with Crippen LogP contribution < -0.4 is 9.80 Å². The van der Waals surface area contributed by atoms with E-state index in [0.29, 0.717) is 0 Å². The number of aryl methyl sites for hydroxylation is 1. The Kier molecular flexibility index (Phi) is 5.82. The number of hydrogen-bond donors (Lipinski definition) is 0. The summed E-state index contributed by atoms with van der Waals surface area (Å²) >= 11 is 0. The number of aromatic nitrogens is 3. The molecule has 1 aromatic rings. The van der Waals surface area contributed by atoms with Crippen LogP contribution in [0, 0.1) is 0 Å². The van der Waals surface area contributed by atoms with E-state index in [0.717, 1.165) is 50.3 Å². The highest BCUT2D eigenvalue weighted by atomic mass is 15.3. The van der Waals surface area contributed by atoms with Gasteiger partial charge in [0.15, 0.2) is 0 Å². The summed E-state index contributed by atoms with van der Waals surface area (Å²) in [6.07, 6.45) is 0.838. The molecule has 1 heterocycles. The highest BCUT2D eigenvalue weighted by Crippen LogP contribution is 2.14. The Labute approximate surface area is 110 Å². The molecule has 0 atom stereocenters. The zero-order chi connectivity index (χ0) is 13.5. The van der Waals surface area contributed by atoms with Gasteiger partial charge >= 0.3 is 0 Å². The number of hydrogen-bond acceptors (Lipinski definition) is 5. The molecule has 1 aromatic heterocycles. The number of anilines is 2. The molecule has 102 valence electrons. The largest absolute Gasteiger partial charge is 0.341 e. The van der Waals surface area contributed by atoms with Crippen molar-refractivity contribution in [3.63, 3.8) is 0 Å². The molecule has 5 nitrogen and oxygen atoms in total. The Morgan fingerprint density at radius 3 is 1.33 bits per heavy atom. The maximum atomic E-state index is 4.60. The molecule has 0 saturated carbocycles. The maximum Gasteiger partial charge on any atom is 0.230 e. The first kappa shape index (κ1) is 14.7. The van der Waals surface area contributed by atoms with Gasteiger partial charge in [0.1, 0.15) is 5.82 Å². The van der Waals surface area contributed by atoms with Gasteiger partial charge < -0.3 is 9.80 Å². The fourth-order valence-corrected chi connectivity index (χ4v) is 1.85. The molecule has 0 aliphatic carbocycles. The molecule has 0 saturated heterocycles. The highest BCUT2D eigenvalue weighted by Gasteiger charge is 2.13. The van der Waals surface area contributed by atoms with Crippen molar-refractivity contribution in [3.05, 3.63) is 5.82 Å². The van der Waals surface area contributed by atoms with Crippen LogP contribution in [0.2, 0.25) is 0 Å². The molecule has 0 bridgehead atoms. The summed E-state index contributed by atoms with van der Waals surface area (Å²) in [7, 11) is 0. The molecular formula is C13H25N5. The van der Waals surface area contributed by atoms with Gasteiger partial charge in [0.2, 0.25) is 11.9 Å². The van der Waals surface area contributed by atoms with Gasteiger partial charge in [-0.25, -0.2) is 0 Å². The quantitative estimate of drug-likeness (QED) is 0.743. The summed E-state index contributed by atoms with van der Waals surface area (Å²) in [5, 5.41) is 0. The summed E-state index contributed by atoms with van der Waals surface area (Å²) in [4.78, 5) is 18.0. The van der Waals surface area contributed by atoms with Gasteiger partial charge in [-0.05, 0) is 27.7 Å². The lowest BCUT2D eigenvalue weighted by molar-refractivity contribution is 0.754. The first-order valence-electron chi connectivity index (χ1n) is 6.94. The van der Waals surface area contributed by atoms with Crippen molar-refractivity contribution in [2.45, 2.75) is 41.0 Å². The summed E-state index contributed by atoms with van der Waals surface area (Å²) in [6, 6.07) is 0. The molecule has 0 fully saturated rings. The molecule has 0 N–H and O–H groups in total. The second kappa shape index (κ2) is 7.13. The standard InChI is InChI=1S/C13H25N5/c1-6-11-14-12(17(7-2)8-3)16-13(15-11)18(9-4)10-5/h6-10H2,1-5H3. The van der Waals surface area contributed by atoms with Crippen LogP contribution in [0.4, 0.5) is 11.9 Å². The van der Waals surface area contributed by atoms with Crippen LogP contribution in [0.5, 0.6) is 0 Å². The van der Waals surface area contributed by atoms with E-state index in [1.54, 1.807) is 0 Å². The normalized spacial score (nSPS) is 10.5. The van der Waals surface area contributed by atoms with Crippen LogP contribution in [-0.2, 0) is 6.42 Å². The lowest BCUT2D eigenvalue weighted by atomic mass is 10.4. The minimum absolute atomic E-state index is 0.800. The first-order valence-corrected chi connectivity index (χ1v) is 6.94. The van der Waals surface area contributed by atoms with Crippen molar-refractivity contribution < 1.29 is 0 Å². The van der Waals surface area contributed by atoms with Gasteiger partial charge in [-0.1, -0.05) is 6.92 Å². The molecule has 0 aliphatic rings. The Bertz CT molecular complexity index is 328. The molecule has 0 amide bonds. The third-order valence-corrected chi connectivity index (χ3v) is 3.07. The van der Waals surface area contributed by atoms with Gasteiger partial charge in [-0.2, -0.15) is 15.0 Å². The summed E-state index contributed by atoms with van der Waals surface area (Å²) in [6.45, 7) is 14.2. The smallest absolute Gasteiger partial charge is 0.230 e. The summed E-state index contributed by atoms with van der Waals surface area (Å²) in [5.41, 5.74) is 0. The summed E-state index contributed by atoms with van der Waals surface area (Å²) < 4.78 is 0. The van der Waals surface area contributed by atoms with E-state index in [9.17, 15) is 0 Å². The third kappa shape index (κ3) is 3.31. The van der Waals surface area contributed by atoms with Gasteiger partial charge in [0, 0.05) is 32.6 Å². The molecule has 0 aliphatic heterocycles. The fraction of sp³-hybridized carbons (Fsp3) is 0.769. The van der Waals surface area contributed by atoms with Crippen molar-refractivity contribution in [3.8, 4) is 0 Å². The average Bonchev–Trinajstić information content (AvgIpc) is 2.41. The van der Waals surface area contributed by atoms with Crippen molar-refractivity contribution in [2.24, 2.45) is 0 Å². The number of nitrogens with zero attached hydrogens (tertiary/aromatic N) is 5. The van der Waals surface area contributed by atoms with Crippen molar-refractivity contribution in [1.82, 2.24) is 15.0 Å². The van der Waals surface area contributed by atoms with Gasteiger partial charge in [0.05, 0.1) is 0 Å². The van der Waals surface area contributed by atoms with Crippen LogP contribution in [0.3, 0.4) is 0 Å². The maximum absolute atomic E-state index is 4.60. The van der Waals surface area contributed by atoms with Crippen LogP contribution in [0.15, 0.2) is 0 Å². The lowest BCUT2D eigenvalue weighted by Crippen LogP contribution is -2.29. The van der Waals surface area contributed by atoms with E-state index in [-0.39, 0.29) is 0 Å². The molecule has 1 rings (SSSR count). The Hall–Kier alpha value is -1.39. The molecule has 0 spiro atoms. The molecular weight excluding hydrogens is 226 g/mol. The van der Waals surface area contributed by atoms with Crippen LogP contribution in [-0.4, -0.2) is 41.1 Å². The zero-order valence-electron chi connectivity index (χ0n) is 12.3. The molecule has 5 heteroatoms. The topological polar surface area (TPSA) is 45.2 Å². The van der Waals surface area contributed by atoms with E-state index in [1.807, 2.05) is 0 Å². The first-order chi connectivity index (χ1) is 8.69. The Morgan fingerprint density at radius 1 is 0.667 bits per heavy atom. The molecule has 0 aromatic carbocycles. The van der Waals surface area contributed by atoms with E-state index in [1.165, 1.54) is 0 Å². The number of rotatable bonds is 7. The van der Waals surface area contributed by atoms with Gasteiger partial charge in [0.25, 0.3) is 0 Å². The van der Waals surface area contributed by atoms with Crippen LogP contribution >= 0.6 is 0 Å². The average molecular weight is 251 g/mol. The second-order valence-electron chi connectivity index (χ2n) is 4.05. The van der Waals surface area contributed by atoms with E-state index >= 15 is 0 Å². The van der Waals surface area contributed by atoms with E-state index in [4.69, 9.17) is 0 Å². The van der Waals surface area contributed by atoms with E-state index < -0.39 is 0 Å². The monoisotopic (exact) mass is 251 g/mol. The van der Waals surface area contributed by atoms with Crippen LogP contribution in [0.25, 0.3) is 0 Å². The predicted molar refractivity (Wildman–Crippen MR) is 76.3 cm³/mol. The minimum Gasteiger partial charge on any atom is -0.341 e. The molecule has 0 unspecified atom stereocenters. The summed E-state index contributed by atoms with van der Waals surface area (Å²) in [5.74, 6) is 2.47. The Balaban J connectivity index is 3.15. The third-order valence-electron chi connectivity index (χ3n) is 3.07.